The molecule has 31 heavy (non-hydrogen) atoms. The number of rotatable bonds is 5. The van der Waals surface area contributed by atoms with E-state index in [0.717, 1.165) is 32.7 Å². The number of alkyl halides is 3. The van der Waals surface area contributed by atoms with Gasteiger partial charge in [-0.2, -0.15) is 13.2 Å². The first kappa shape index (κ1) is 24.3. The Morgan fingerprint density at radius 2 is 1.74 bits per heavy atom. The molecular formula is C19H22F3N5O3S. The van der Waals surface area contributed by atoms with Crippen LogP contribution in [0.25, 0.3) is 6.08 Å². The van der Waals surface area contributed by atoms with E-state index in [1.165, 1.54) is 16.9 Å². The van der Waals surface area contributed by atoms with E-state index in [1.54, 1.807) is 0 Å². The lowest BCUT2D eigenvalue weighted by Gasteiger charge is -2.34. The third-order valence-corrected chi connectivity index (χ3v) is 4.98. The maximum absolute atomic E-state index is 12.3. The van der Waals surface area contributed by atoms with Gasteiger partial charge in [0.05, 0.1) is 6.42 Å². The number of hydrogen-bond donors (Lipinski definition) is 2. The number of hydrogen-bond acceptors (Lipinski definition) is 7. The van der Waals surface area contributed by atoms with Crippen LogP contribution in [0.15, 0.2) is 36.4 Å². The Morgan fingerprint density at radius 3 is 2.26 bits per heavy atom. The molecule has 12 heteroatoms. The Balaban J connectivity index is 0.000000423. The van der Waals surface area contributed by atoms with Crippen molar-refractivity contribution < 1.29 is 27.9 Å². The highest BCUT2D eigenvalue weighted by Gasteiger charge is 2.38. The van der Waals surface area contributed by atoms with Crippen molar-refractivity contribution in [3.63, 3.8) is 0 Å². The lowest BCUT2D eigenvalue weighted by atomic mass is 10.2. The number of carbonyl (C=O) groups excluding carboxylic acids is 1. The Hall–Kier alpha value is -2.99. The van der Waals surface area contributed by atoms with E-state index < -0.39 is 12.1 Å². The van der Waals surface area contributed by atoms with Crippen LogP contribution in [-0.4, -0.2) is 75.9 Å². The van der Waals surface area contributed by atoms with Gasteiger partial charge in [0.15, 0.2) is 0 Å². The largest absolute Gasteiger partial charge is 0.490 e. The number of carboxylic acid groups (broad SMARTS) is 1. The fourth-order valence-corrected chi connectivity index (χ4v) is 3.26. The standard InChI is InChI=1S/C17H21N5OS.C2HF3O2/c18-17-20-19-15(24-17)13-16(23)22-11-9-21(10-12-22)8-4-7-14-5-2-1-3-6-14;3-2(4,5)1(6)7/h1-7H,8-13H2,(H2,18,20);(H,6,7). The summed E-state index contributed by atoms with van der Waals surface area (Å²) < 4.78 is 31.7. The highest BCUT2D eigenvalue weighted by molar-refractivity contribution is 7.15. The number of halogens is 3. The first-order valence-electron chi connectivity index (χ1n) is 9.25. The maximum Gasteiger partial charge on any atom is 0.490 e. The lowest BCUT2D eigenvalue weighted by Crippen LogP contribution is -2.49. The summed E-state index contributed by atoms with van der Waals surface area (Å²) in [7, 11) is 0. The van der Waals surface area contributed by atoms with Gasteiger partial charge in [0.1, 0.15) is 5.01 Å². The summed E-state index contributed by atoms with van der Waals surface area (Å²) in [4.78, 5) is 25.4. The van der Waals surface area contributed by atoms with Crippen LogP contribution in [0.4, 0.5) is 18.3 Å². The topological polar surface area (TPSA) is 113 Å². The Morgan fingerprint density at radius 1 is 1.13 bits per heavy atom. The van der Waals surface area contributed by atoms with E-state index in [9.17, 15) is 18.0 Å². The highest BCUT2D eigenvalue weighted by atomic mass is 32.1. The molecular weight excluding hydrogens is 435 g/mol. The summed E-state index contributed by atoms with van der Waals surface area (Å²) in [5.41, 5.74) is 6.76. The molecule has 1 aliphatic heterocycles. The minimum Gasteiger partial charge on any atom is -0.475 e. The lowest BCUT2D eigenvalue weighted by molar-refractivity contribution is -0.192. The smallest absolute Gasteiger partial charge is 0.475 e. The van der Waals surface area contributed by atoms with Crippen molar-refractivity contribution >= 4 is 34.4 Å². The van der Waals surface area contributed by atoms with Crippen molar-refractivity contribution in [2.24, 2.45) is 0 Å². The summed E-state index contributed by atoms with van der Waals surface area (Å²) in [5, 5.41) is 15.9. The molecule has 1 amide bonds. The quantitative estimate of drug-likeness (QED) is 0.707. The van der Waals surface area contributed by atoms with E-state index in [-0.39, 0.29) is 5.91 Å². The molecule has 2 aromatic rings. The Bertz CT molecular complexity index is 881. The van der Waals surface area contributed by atoms with Gasteiger partial charge < -0.3 is 15.7 Å². The molecule has 168 valence electrons. The number of carboxylic acids is 1. The first-order chi connectivity index (χ1) is 14.6. The number of benzene rings is 1. The van der Waals surface area contributed by atoms with E-state index in [4.69, 9.17) is 15.6 Å². The minimum absolute atomic E-state index is 0.102. The van der Waals surface area contributed by atoms with Crippen molar-refractivity contribution in [1.82, 2.24) is 20.0 Å². The van der Waals surface area contributed by atoms with Gasteiger partial charge in [-0.1, -0.05) is 53.8 Å². The zero-order valence-corrected chi connectivity index (χ0v) is 17.3. The van der Waals surface area contributed by atoms with Gasteiger partial charge in [-0.3, -0.25) is 9.69 Å². The van der Waals surface area contributed by atoms with Gasteiger partial charge in [0, 0.05) is 32.7 Å². The molecule has 1 saturated heterocycles. The monoisotopic (exact) mass is 457 g/mol. The molecule has 2 heterocycles. The Kier molecular flexibility index (Phi) is 8.94. The average molecular weight is 457 g/mol. The molecule has 3 N–H and O–H groups in total. The fourth-order valence-electron chi connectivity index (χ4n) is 2.66. The van der Waals surface area contributed by atoms with Crippen LogP contribution in [0.3, 0.4) is 0 Å². The molecule has 1 aliphatic rings. The predicted octanol–water partition coefficient (Wildman–Crippen LogP) is 2.15. The minimum atomic E-state index is -5.08. The second-order valence-electron chi connectivity index (χ2n) is 6.51. The van der Waals surface area contributed by atoms with Gasteiger partial charge in [0.25, 0.3) is 0 Å². The van der Waals surface area contributed by atoms with Gasteiger partial charge in [-0.25, -0.2) is 4.79 Å². The summed E-state index contributed by atoms with van der Waals surface area (Å²) in [6, 6.07) is 10.3. The number of aliphatic carboxylic acids is 1. The molecule has 1 fully saturated rings. The van der Waals surface area contributed by atoms with Crippen LogP contribution in [-0.2, 0) is 16.0 Å². The summed E-state index contributed by atoms with van der Waals surface area (Å²) in [5.74, 6) is -2.65. The van der Waals surface area contributed by atoms with Crippen molar-refractivity contribution in [1.29, 1.82) is 0 Å². The molecule has 0 radical (unpaired) electrons. The highest BCUT2D eigenvalue weighted by Crippen LogP contribution is 2.14. The molecule has 3 rings (SSSR count). The summed E-state index contributed by atoms with van der Waals surface area (Å²) >= 11 is 1.28. The van der Waals surface area contributed by atoms with Crippen molar-refractivity contribution in [3.8, 4) is 0 Å². The number of piperazine rings is 1. The number of amides is 1. The molecule has 1 aromatic carbocycles. The van der Waals surface area contributed by atoms with E-state index >= 15 is 0 Å². The van der Waals surface area contributed by atoms with Crippen molar-refractivity contribution in [3.05, 3.63) is 47.0 Å². The summed E-state index contributed by atoms with van der Waals surface area (Å²) in [6.45, 7) is 4.20. The zero-order valence-electron chi connectivity index (χ0n) is 16.5. The molecule has 0 saturated carbocycles. The van der Waals surface area contributed by atoms with Crippen molar-refractivity contribution in [2.45, 2.75) is 12.6 Å². The second-order valence-corrected chi connectivity index (χ2v) is 7.60. The van der Waals surface area contributed by atoms with Crippen LogP contribution >= 0.6 is 11.3 Å². The predicted molar refractivity (Wildman–Crippen MR) is 110 cm³/mol. The average Bonchev–Trinajstić information content (AvgIpc) is 3.13. The Labute approximate surface area is 180 Å². The molecule has 0 atom stereocenters. The molecule has 0 aliphatic carbocycles. The zero-order chi connectivity index (χ0) is 22.9. The molecule has 8 nitrogen and oxygen atoms in total. The van der Waals surface area contributed by atoms with Gasteiger partial charge >= 0.3 is 12.1 Å². The number of nitrogens with two attached hydrogens (primary N) is 1. The third-order valence-electron chi connectivity index (χ3n) is 4.23. The van der Waals surface area contributed by atoms with Gasteiger partial charge in [-0.05, 0) is 5.56 Å². The molecule has 0 unspecified atom stereocenters. The first-order valence-corrected chi connectivity index (χ1v) is 10.1. The number of anilines is 1. The van der Waals surface area contributed by atoms with Crippen LogP contribution in [0, 0.1) is 0 Å². The normalized spacial score (nSPS) is 14.9. The van der Waals surface area contributed by atoms with Crippen LogP contribution in [0.5, 0.6) is 0 Å². The van der Waals surface area contributed by atoms with Crippen LogP contribution in [0.1, 0.15) is 10.6 Å². The molecule has 1 aromatic heterocycles. The SMILES string of the molecule is Nc1nnc(CC(=O)N2CCN(CC=Cc3ccccc3)CC2)s1.O=C(O)C(F)(F)F. The second kappa shape index (κ2) is 11.4. The van der Waals surface area contributed by atoms with Gasteiger partial charge in [0.2, 0.25) is 11.0 Å². The van der Waals surface area contributed by atoms with E-state index in [0.29, 0.717) is 16.6 Å². The number of carbonyl (C=O) groups is 2. The maximum atomic E-state index is 12.3. The molecule has 0 spiro atoms. The van der Waals surface area contributed by atoms with Gasteiger partial charge in [-0.15, -0.1) is 10.2 Å². The van der Waals surface area contributed by atoms with Crippen LogP contribution < -0.4 is 5.73 Å². The fraction of sp³-hybridized carbons (Fsp3) is 0.368. The number of aromatic nitrogens is 2. The molecule has 0 bridgehead atoms. The summed E-state index contributed by atoms with van der Waals surface area (Å²) in [6.07, 6.45) is -0.475. The van der Waals surface area contributed by atoms with Crippen LogP contribution in [0.2, 0.25) is 0 Å². The number of nitrogen functional groups attached to an aromatic ring is 1. The third kappa shape index (κ3) is 8.72. The van der Waals surface area contributed by atoms with E-state index in [2.05, 4.69) is 39.4 Å². The van der Waals surface area contributed by atoms with Crippen molar-refractivity contribution in [2.75, 3.05) is 38.5 Å². The number of nitrogens with zero attached hydrogens (tertiary/aromatic N) is 4. The van der Waals surface area contributed by atoms with E-state index in [1.807, 2.05) is 23.1 Å².